The van der Waals surface area contributed by atoms with Crippen LogP contribution in [0.3, 0.4) is 0 Å². The Bertz CT molecular complexity index is 304. The third kappa shape index (κ3) is 4.45. The van der Waals surface area contributed by atoms with Gasteiger partial charge < -0.3 is 9.64 Å². The van der Waals surface area contributed by atoms with Gasteiger partial charge in [-0.2, -0.15) is 12.6 Å². The summed E-state index contributed by atoms with van der Waals surface area (Å²) in [6.07, 6.45) is 0. The predicted molar refractivity (Wildman–Crippen MR) is 73.7 cm³/mol. The molecule has 1 aromatic rings. The van der Waals surface area contributed by atoms with E-state index >= 15 is 0 Å². The van der Waals surface area contributed by atoms with E-state index in [1.165, 1.54) is 11.3 Å². The van der Waals surface area contributed by atoms with Gasteiger partial charge in [0.05, 0.1) is 13.2 Å². The Balaban J connectivity index is 2.47. The number of likely N-dealkylation sites (N-methyl/N-ethyl adjacent to an activating group) is 1. The van der Waals surface area contributed by atoms with Crippen molar-refractivity contribution in [3.05, 3.63) is 29.8 Å². The molecule has 0 amide bonds. The van der Waals surface area contributed by atoms with Crippen LogP contribution < -0.4 is 4.90 Å². The number of benzene rings is 1. The molecule has 0 saturated heterocycles. The van der Waals surface area contributed by atoms with Gasteiger partial charge in [0.2, 0.25) is 0 Å². The van der Waals surface area contributed by atoms with Crippen molar-refractivity contribution < 1.29 is 4.74 Å². The van der Waals surface area contributed by atoms with Crippen molar-refractivity contribution in [1.29, 1.82) is 0 Å². The zero-order valence-electron chi connectivity index (χ0n) is 10.1. The molecular weight excluding hydrogens is 218 g/mol. The Morgan fingerprint density at radius 2 is 2.12 bits per heavy atom. The molecule has 0 bridgehead atoms. The molecule has 0 atom stereocenters. The van der Waals surface area contributed by atoms with E-state index in [1.54, 1.807) is 0 Å². The lowest BCUT2D eigenvalue weighted by molar-refractivity contribution is 0.156. The van der Waals surface area contributed by atoms with Crippen molar-refractivity contribution >= 4 is 18.3 Å². The van der Waals surface area contributed by atoms with Crippen LogP contribution in [0.5, 0.6) is 0 Å². The average molecular weight is 239 g/mol. The predicted octanol–water partition coefficient (Wildman–Crippen LogP) is 2.77. The second-order valence-corrected chi connectivity index (χ2v) is 4.20. The first kappa shape index (κ1) is 13.4. The molecule has 0 aromatic heterocycles. The van der Waals surface area contributed by atoms with E-state index in [0.29, 0.717) is 0 Å². The Kier molecular flexibility index (Phi) is 6.34. The molecule has 0 saturated carbocycles. The van der Waals surface area contributed by atoms with Crippen LogP contribution in [0.1, 0.15) is 12.5 Å². The number of hydrogen-bond donors (Lipinski definition) is 1. The summed E-state index contributed by atoms with van der Waals surface area (Å²) >= 11 is 4.11. The molecule has 3 heteroatoms. The monoisotopic (exact) mass is 239 g/mol. The van der Waals surface area contributed by atoms with Gasteiger partial charge in [-0.15, -0.1) is 0 Å². The Morgan fingerprint density at radius 3 is 2.75 bits per heavy atom. The van der Waals surface area contributed by atoms with Crippen molar-refractivity contribution in [3.63, 3.8) is 0 Å². The van der Waals surface area contributed by atoms with Gasteiger partial charge in [0.1, 0.15) is 0 Å². The Morgan fingerprint density at radius 1 is 1.31 bits per heavy atom. The van der Waals surface area contributed by atoms with E-state index in [-0.39, 0.29) is 0 Å². The molecule has 0 spiro atoms. The molecule has 0 aliphatic heterocycles. The highest BCUT2D eigenvalue weighted by atomic mass is 32.1. The molecule has 0 heterocycles. The van der Waals surface area contributed by atoms with Crippen molar-refractivity contribution in [2.45, 2.75) is 13.8 Å². The Labute approximate surface area is 104 Å². The average Bonchev–Trinajstić information content (AvgIpc) is 2.29. The fourth-order valence-electron chi connectivity index (χ4n) is 1.64. The fourth-order valence-corrected chi connectivity index (χ4v) is 1.76. The highest BCUT2D eigenvalue weighted by molar-refractivity contribution is 7.80. The standard InChI is InChI=1S/C13H21NOS/c1-3-14(7-8-15-9-10-16)13-6-4-5-12(2)11-13/h4-6,11,16H,3,7-10H2,1-2H3. The smallest absolute Gasteiger partial charge is 0.0642 e. The number of anilines is 1. The van der Waals surface area contributed by atoms with Crippen molar-refractivity contribution in [3.8, 4) is 0 Å². The minimum absolute atomic E-state index is 0.731. The summed E-state index contributed by atoms with van der Waals surface area (Å²) in [5, 5.41) is 0. The first-order valence-corrected chi connectivity index (χ1v) is 6.41. The number of nitrogens with zero attached hydrogens (tertiary/aromatic N) is 1. The number of hydrogen-bond acceptors (Lipinski definition) is 3. The van der Waals surface area contributed by atoms with Crippen molar-refractivity contribution in [1.82, 2.24) is 0 Å². The second kappa shape index (κ2) is 7.58. The summed E-state index contributed by atoms with van der Waals surface area (Å²) in [6.45, 7) is 7.73. The van der Waals surface area contributed by atoms with Gasteiger partial charge in [0.25, 0.3) is 0 Å². The molecule has 0 fully saturated rings. The normalized spacial score (nSPS) is 10.4. The first-order chi connectivity index (χ1) is 7.77. The van der Waals surface area contributed by atoms with Crippen LogP contribution in [-0.4, -0.2) is 32.1 Å². The number of rotatable bonds is 7. The SMILES string of the molecule is CCN(CCOCCS)c1cccc(C)c1. The van der Waals surface area contributed by atoms with Crippen molar-refractivity contribution in [2.24, 2.45) is 0 Å². The lowest BCUT2D eigenvalue weighted by atomic mass is 10.2. The third-order valence-corrected chi connectivity index (χ3v) is 2.67. The van der Waals surface area contributed by atoms with E-state index < -0.39 is 0 Å². The largest absolute Gasteiger partial charge is 0.379 e. The van der Waals surface area contributed by atoms with Crippen molar-refractivity contribution in [2.75, 3.05) is 37.0 Å². The summed E-state index contributed by atoms with van der Waals surface area (Å²) in [7, 11) is 0. The van der Waals surface area contributed by atoms with E-state index in [9.17, 15) is 0 Å². The van der Waals surface area contributed by atoms with Crippen LogP contribution >= 0.6 is 12.6 Å². The van der Waals surface area contributed by atoms with Gasteiger partial charge in [0.15, 0.2) is 0 Å². The highest BCUT2D eigenvalue weighted by Gasteiger charge is 2.03. The second-order valence-electron chi connectivity index (χ2n) is 3.75. The number of ether oxygens (including phenoxy) is 1. The molecular formula is C13H21NOS. The highest BCUT2D eigenvalue weighted by Crippen LogP contribution is 2.15. The maximum Gasteiger partial charge on any atom is 0.0642 e. The van der Waals surface area contributed by atoms with Crippen LogP contribution in [0.4, 0.5) is 5.69 Å². The van der Waals surface area contributed by atoms with Gasteiger partial charge in [-0.25, -0.2) is 0 Å². The maximum absolute atomic E-state index is 5.45. The van der Waals surface area contributed by atoms with Crippen LogP contribution in [0.2, 0.25) is 0 Å². The maximum atomic E-state index is 5.45. The molecule has 0 N–H and O–H groups in total. The summed E-state index contributed by atoms with van der Waals surface area (Å²) < 4.78 is 5.45. The first-order valence-electron chi connectivity index (χ1n) is 5.78. The van der Waals surface area contributed by atoms with Crippen LogP contribution in [0.25, 0.3) is 0 Å². The zero-order chi connectivity index (χ0) is 11.8. The van der Waals surface area contributed by atoms with Crippen LogP contribution in [0.15, 0.2) is 24.3 Å². The third-order valence-electron chi connectivity index (χ3n) is 2.49. The molecule has 0 aliphatic rings. The van der Waals surface area contributed by atoms with E-state index in [0.717, 1.165) is 32.1 Å². The molecule has 90 valence electrons. The summed E-state index contributed by atoms with van der Waals surface area (Å²) in [6, 6.07) is 8.58. The minimum Gasteiger partial charge on any atom is -0.379 e. The van der Waals surface area contributed by atoms with Crippen LogP contribution in [-0.2, 0) is 4.74 Å². The summed E-state index contributed by atoms with van der Waals surface area (Å²) in [4.78, 5) is 2.32. The Hall–Kier alpha value is -0.670. The molecule has 16 heavy (non-hydrogen) atoms. The molecule has 1 rings (SSSR count). The van der Waals surface area contributed by atoms with Gasteiger partial charge in [0, 0.05) is 24.5 Å². The number of aryl methyl sites for hydroxylation is 1. The lowest BCUT2D eigenvalue weighted by Crippen LogP contribution is -2.27. The fraction of sp³-hybridized carbons (Fsp3) is 0.538. The van der Waals surface area contributed by atoms with Gasteiger partial charge in [-0.3, -0.25) is 0 Å². The molecule has 0 aliphatic carbocycles. The lowest BCUT2D eigenvalue weighted by Gasteiger charge is -2.23. The molecule has 0 radical (unpaired) electrons. The van der Waals surface area contributed by atoms with Gasteiger partial charge >= 0.3 is 0 Å². The minimum atomic E-state index is 0.731. The summed E-state index contributed by atoms with van der Waals surface area (Å²) in [5.41, 5.74) is 2.57. The zero-order valence-corrected chi connectivity index (χ0v) is 11.0. The topological polar surface area (TPSA) is 12.5 Å². The van der Waals surface area contributed by atoms with Gasteiger partial charge in [-0.1, -0.05) is 12.1 Å². The van der Waals surface area contributed by atoms with E-state index in [2.05, 4.69) is 55.6 Å². The number of thiol groups is 1. The van der Waals surface area contributed by atoms with Crippen LogP contribution in [0, 0.1) is 6.92 Å². The van der Waals surface area contributed by atoms with E-state index in [4.69, 9.17) is 4.74 Å². The molecule has 2 nitrogen and oxygen atoms in total. The summed E-state index contributed by atoms with van der Waals surface area (Å²) in [5.74, 6) is 0.788. The van der Waals surface area contributed by atoms with E-state index in [1.807, 2.05) is 0 Å². The van der Waals surface area contributed by atoms with Gasteiger partial charge in [-0.05, 0) is 31.5 Å². The molecule has 0 unspecified atom stereocenters. The quantitative estimate of drug-likeness (QED) is 0.580. The molecule has 1 aromatic carbocycles.